The summed E-state index contributed by atoms with van der Waals surface area (Å²) < 4.78 is 68.8. The van der Waals surface area contributed by atoms with E-state index >= 15 is 0 Å². The van der Waals surface area contributed by atoms with Crippen LogP contribution in [0.1, 0.15) is 441 Å². The molecular formula is C85H166O17P2. The minimum absolute atomic E-state index is 0.107. The molecule has 0 aliphatic rings. The maximum absolute atomic E-state index is 13.1. The molecule has 0 aromatic rings. The van der Waals surface area contributed by atoms with E-state index in [2.05, 4.69) is 55.4 Å². The summed E-state index contributed by atoms with van der Waals surface area (Å²) in [7, 11) is -9.93. The van der Waals surface area contributed by atoms with Gasteiger partial charge in [0.25, 0.3) is 0 Å². The van der Waals surface area contributed by atoms with E-state index in [-0.39, 0.29) is 25.7 Å². The summed E-state index contributed by atoms with van der Waals surface area (Å²) in [6.45, 7) is 14.3. The van der Waals surface area contributed by atoms with Crippen LogP contribution < -0.4 is 0 Å². The Morgan fingerprint density at radius 1 is 0.269 bits per heavy atom. The molecule has 0 bridgehead atoms. The van der Waals surface area contributed by atoms with Gasteiger partial charge in [0.1, 0.15) is 19.3 Å². The first-order valence-corrected chi connectivity index (χ1v) is 46.7. The van der Waals surface area contributed by atoms with Gasteiger partial charge >= 0.3 is 39.5 Å². The molecule has 0 aromatic heterocycles. The van der Waals surface area contributed by atoms with Crippen molar-refractivity contribution in [3.63, 3.8) is 0 Å². The van der Waals surface area contributed by atoms with E-state index in [0.29, 0.717) is 31.6 Å². The number of aliphatic hydroxyl groups is 1. The SMILES string of the molecule is CCC(C)CCCCCCCCCCCCCCCCCCCCC(=O)O[C@H](COC(=O)CCCCCCCCCC(C)C)COP(=O)(O)OCC(O)COP(=O)(O)OC[C@@H](COC(=O)CCCCCCCCCCCCCCCC(C)C)OC(=O)CCCCCCCCCCCCCCCC(C)C. The van der Waals surface area contributed by atoms with Crippen molar-refractivity contribution < 1.29 is 80.2 Å². The molecule has 17 nitrogen and oxygen atoms in total. The van der Waals surface area contributed by atoms with Crippen molar-refractivity contribution in [2.45, 2.75) is 459 Å². The van der Waals surface area contributed by atoms with Crippen molar-refractivity contribution in [1.29, 1.82) is 0 Å². The molecule has 0 aromatic carbocycles. The second kappa shape index (κ2) is 73.8. The van der Waals surface area contributed by atoms with E-state index in [4.69, 9.17) is 37.0 Å². The lowest BCUT2D eigenvalue weighted by atomic mass is 9.99. The highest BCUT2D eigenvalue weighted by Crippen LogP contribution is 2.45. The Morgan fingerprint density at radius 3 is 0.683 bits per heavy atom. The number of rotatable bonds is 82. The van der Waals surface area contributed by atoms with Crippen molar-refractivity contribution in [1.82, 2.24) is 0 Å². The van der Waals surface area contributed by atoms with Crippen molar-refractivity contribution in [3.8, 4) is 0 Å². The molecule has 0 radical (unpaired) electrons. The molecular weight excluding hydrogens is 1350 g/mol. The molecule has 0 aliphatic carbocycles. The van der Waals surface area contributed by atoms with E-state index in [9.17, 15) is 43.2 Å². The molecule has 0 saturated carbocycles. The summed E-state index contributed by atoms with van der Waals surface area (Å²) in [4.78, 5) is 73.2. The smallest absolute Gasteiger partial charge is 0.462 e. The van der Waals surface area contributed by atoms with Crippen LogP contribution in [0.5, 0.6) is 0 Å². The number of unbranched alkanes of at least 4 members (excludes halogenated alkanes) is 47. The number of carbonyl (C=O) groups excluding carboxylic acids is 4. The minimum Gasteiger partial charge on any atom is -0.462 e. The van der Waals surface area contributed by atoms with Gasteiger partial charge in [-0.1, -0.05) is 389 Å². The molecule has 0 saturated heterocycles. The highest BCUT2D eigenvalue weighted by atomic mass is 31.2. The number of hydrogen-bond acceptors (Lipinski definition) is 15. The van der Waals surface area contributed by atoms with Crippen molar-refractivity contribution in [2.24, 2.45) is 23.7 Å². The molecule has 0 spiro atoms. The van der Waals surface area contributed by atoms with Crippen molar-refractivity contribution in [2.75, 3.05) is 39.6 Å². The van der Waals surface area contributed by atoms with E-state index in [1.807, 2.05) is 0 Å². The fraction of sp³-hybridized carbons (Fsp3) is 0.953. The predicted molar refractivity (Wildman–Crippen MR) is 428 cm³/mol. The third-order valence-electron chi connectivity index (χ3n) is 20.2. The molecule has 4 unspecified atom stereocenters. The summed E-state index contributed by atoms with van der Waals surface area (Å²) >= 11 is 0. The van der Waals surface area contributed by atoms with Gasteiger partial charge in [-0.3, -0.25) is 37.3 Å². The molecule has 618 valence electrons. The average Bonchev–Trinajstić information content (AvgIpc) is 0.948. The van der Waals surface area contributed by atoms with Crippen LogP contribution in [-0.4, -0.2) is 96.7 Å². The lowest BCUT2D eigenvalue weighted by molar-refractivity contribution is -0.161. The Hall–Kier alpha value is -1.94. The van der Waals surface area contributed by atoms with E-state index in [1.165, 1.54) is 238 Å². The normalized spacial score (nSPS) is 14.2. The number of phosphoric ester groups is 2. The lowest BCUT2D eigenvalue weighted by Crippen LogP contribution is -2.30. The Bertz CT molecular complexity index is 2030. The molecule has 6 atom stereocenters. The van der Waals surface area contributed by atoms with Crippen LogP contribution in [0.2, 0.25) is 0 Å². The molecule has 104 heavy (non-hydrogen) atoms. The fourth-order valence-electron chi connectivity index (χ4n) is 13.1. The Labute approximate surface area is 638 Å². The fourth-order valence-corrected chi connectivity index (χ4v) is 14.7. The highest BCUT2D eigenvalue weighted by molar-refractivity contribution is 7.47. The molecule has 0 heterocycles. The molecule has 0 fully saturated rings. The highest BCUT2D eigenvalue weighted by Gasteiger charge is 2.30. The second-order valence-electron chi connectivity index (χ2n) is 32.2. The summed E-state index contributed by atoms with van der Waals surface area (Å²) in [6.07, 6.45) is 62.5. The van der Waals surface area contributed by atoms with Gasteiger partial charge in [-0.05, 0) is 49.4 Å². The number of hydrogen-bond donors (Lipinski definition) is 3. The monoisotopic (exact) mass is 1520 g/mol. The Kier molecular flexibility index (Phi) is 72.5. The zero-order valence-corrected chi connectivity index (χ0v) is 70.5. The van der Waals surface area contributed by atoms with Crippen LogP contribution in [0.3, 0.4) is 0 Å². The van der Waals surface area contributed by atoms with Crippen LogP contribution in [0.25, 0.3) is 0 Å². The number of phosphoric acid groups is 2. The second-order valence-corrected chi connectivity index (χ2v) is 35.2. The van der Waals surface area contributed by atoms with Crippen molar-refractivity contribution >= 4 is 39.5 Å². The number of carbonyl (C=O) groups is 4. The maximum Gasteiger partial charge on any atom is 0.472 e. The Morgan fingerprint density at radius 2 is 0.462 bits per heavy atom. The Balaban J connectivity index is 5.21. The van der Waals surface area contributed by atoms with Crippen LogP contribution in [-0.2, 0) is 65.4 Å². The zero-order valence-electron chi connectivity index (χ0n) is 68.7. The summed E-state index contributed by atoms with van der Waals surface area (Å²) in [5.74, 6) is 1.04. The zero-order chi connectivity index (χ0) is 76.7. The summed E-state index contributed by atoms with van der Waals surface area (Å²) in [5.41, 5.74) is 0. The molecule has 0 aliphatic heterocycles. The van der Waals surface area contributed by atoms with E-state index < -0.39 is 97.5 Å². The topological polar surface area (TPSA) is 237 Å². The molecule has 19 heteroatoms. The van der Waals surface area contributed by atoms with Crippen LogP contribution in [0.15, 0.2) is 0 Å². The van der Waals surface area contributed by atoms with Gasteiger partial charge in [0.2, 0.25) is 0 Å². The standard InChI is InChI=1S/C85H166O17P2/c1-9-78(8)64-56-48-40-32-26-20-14-12-10-11-13-15-21-28-34-42-51-59-67-85(90)102-81(72-96-83(88)66-58-50-44-36-39-47-55-63-77(6)7)74-100-104(93,94)98-70-79(86)69-97-103(91,92)99-73-80(101-84(89)68-60-52-43-35-29-23-17-19-25-31-38-46-54-62-76(4)5)71-95-82(87)65-57-49-41-33-27-22-16-18-24-30-37-45-53-61-75(2)3/h75-81,86H,9-74H2,1-8H3,(H,91,92)(H,93,94)/t78?,79?,80-,81-/m1/s1. The molecule has 0 rings (SSSR count). The number of esters is 4. The van der Waals surface area contributed by atoms with Gasteiger partial charge in [-0.25, -0.2) is 9.13 Å². The van der Waals surface area contributed by atoms with Gasteiger partial charge in [0.05, 0.1) is 26.4 Å². The summed E-state index contributed by atoms with van der Waals surface area (Å²) in [6, 6.07) is 0. The summed E-state index contributed by atoms with van der Waals surface area (Å²) in [5, 5.41) is 10.7. The first-order chi connectivity index (χ1) is 50.1. The predicted octanol–water partition coefficient (Wildman–Crippen LogP) is 25.6. The quantitative estimate of drug-likeness (QED) is 0.0222. The lowest BCUT2D eigenvalue weighted by Gasteiger charge is -2.21. The van der Waals surface area contributed by atoms with Crippen LogP contribution in [0.4, 0.5) is 0 Å². The van der Waals surface area contributed by atoms with Crippen LogP contribution >= 0.6 is 15.6 Å². The van der Waals surface area contributed by atoms with E-state index in [1.54, 1.807) is 0 Å². The average molecular weight is 1520 g/mol. The third kappa shape index (κ3) is 76.8. The third-order valence-corrected chi connectivity index (χ3v) is 22.1. The van der Waals surface area contributed by atoms with Crippen molar-refractivity contribution in [3.05, 3.63) is 0 Å². The van der Waals surface area contributed by atoms with Gasteiger partial charge in [0, 0.05) is 25.7 Å². The number of ether oxygens (including phenoxy) is 4. The first kappa shape index (κ1) is 102. The van der Waals surface area contributed by atoms with Gasteiger partial charge < -0.3 is 33.8 Å². The minimum atomic E-state index is -4.96. The first-order valence-electron chi connectivity index (χ1n) is 43.7. The van der Waals surface area contributed by atoms with Gasteiger partial charge in [-0.2, -0.15) is 0 Å². The maximum atomic E-state index is 13.1. The molecule has 3 N–H and O–H groups in total. The largest absolute Gasteiger partial charge is 0.472 e. The number of aliphatic hydroxyl groups excluding tert-OH is 1. The molecule has 0 amide bonds. The van der Waals surface area contributed by atoms with Gasteiger partial charge in [0.15, 0.2) is 12.2 Å². The van der Waals surface area contributed by atoms with Crippen LogP contribution in [0, 0.1) is 23.7 Å². The van der Waals surface area contributed by atoms with E-state index in [0.717, 1.165) is 114 Å². The van der Waals surface area contributed by atoms with Gasteiger partial charge in [-0.15, -0.1) is 0 Å².